The molecule has 0 aliphatic heterocycles. The molecule has 0 aliphatic rings. The smallest absolute Gasteiger partial charge is 0.129 e. The second-order valence-corrected chi connectivity index (χ2v) is 6.49. The van der Waals surface area contributed by atoms with Gasteiger partial charge in [-0.15, -0.1) is 0 Å². The minimum absolute atomic E-state index is 0.0945. The van der Waals surface area contributed by atoms with Gasteiger partial charge in [-0.25, -0.2) is 0 Å². The molecule has 0 fully saturated rings. The van der Waals surface area contributed by atoms with Crippen molar-refractivity contribution in [3.8, 4) is 0 Å². The van der Waals surface area contributed by atoms with Gasteiger partial charge < -0.3 is 19.2 Å². The first-order valence-electron chi connectivity index (χ1n) is 7.35. The summed E-state index contributed by atoms with van der Waals surface area (Å²) in [6, 6.07) is 3.96. The summed E-state index contributed by atoms with van der Waals surface area (Å²) in [5, 5.41) is 3.39. The van der Waals surface area contributed by atoms with Gasteiger partial charge in [-0.1, -0.05) is 13.8 Å². The van der Waals surface area contributed by atoms with Crippen LogP contribution < -0.4 is 5.32 Å². The highest BCUT2D eigenvalue weighted by molar-refractivity contribution is 5.06. The van der Waals surface area contributed by atoms with E-state index in [1.807, 2.05) is 12.1 Å². The number of furan rings is 1. The lowest BCUT2D eigenvalue weighted by molar-refractivity contribution is 0.0261. The molecule has 0 saturated heterocycles. The highest BCUT2D eigenvalue weighted by Gasteiger charge is 2.10. The van der Waals surface area contributed by atoms with Crippen molar-refractivity contribution in [3.63, 3.8) is 0 Å². The van der Waals surface area contributed by atoms with Crippen LogP contribution in [0, 0.1) is 5.92 Å². The number of hydrogen-bond acceptors (Lipinski definition) is 4. The zero-order valence-electron chi connectivity index (χ0n) is 13.5. The number of ether oxygens (including phenoxy) is 2. The molecule has 4 heteroatoms. The lowest BCUT2D eigenvalue weighted by Gasteiger charge is -2.19. The molecule has 1 aromatic rings. The third-order valence-corrected chi connectivity index (χ3v) is 2.58. The molecule has 0 aliphatic carbocycles. The molecule has 0 atom stereocenters. The first-order valence-corrected chi connectivity index (χ1v) is 7.35. The lowest BCUT2D eigenvalue weighted by atomic mass is 10.1. The molecule has 4 nitrogen and oxygen atoms in total. The number of nitrogens with one attached hydrogen (secondary N) is 1. The van der Waals surface area contributed by atoms with Gasteiger partial charge in [0.1, 0.15) is 18.1 Å². The summed E-state index contributed by atoms with van der Waals surface area (Å²) in [6.45, 7) is 13.9. The molecule has 1 N–H and O–H groups in total. The van der Waals surface area contributed by atoms with Crippen molar-refractivity contribution in [2.75, 3.05) is 19.8 Å². The minimum Gasteiger partial charge on any atom is -0.462 e. The fourth-order valence-electron chi connectivity index (χ4n) is 1.56. The summed E-state index contributed by atoms with van der Waals surface area (Å²) in [6.07, 6.45) is 0. The first kappa shape index (κ1) is 17.2. The Morgan fingerprint density at radius 2 is 1.75 bits per heavy atom. The quantitative estimate of drug-likeness (QED) is 0.706. The average molecular weight is 283 g/mol. The second-order valence-electron chi connectivity index (χ2n) is 6.49. The van der Waals surface area contributed by atoms with Crippen molar-refractivity contribution in [1.82, 2.24) is 5.32 Å². The predicted molar refractivity (Wildman–Crippen MR) is 80.6 cm³/mol. The van der Waals surface area contributed by atoms with Crippen LogP contribution in [0.2, 0.25) is 0 Å². The molecular weight excluding hydrogens is 254 g/mol. The van der Waals surface area contributed by atoms with E-state index in [1.54, 1.807) is 0 Å². The molecule has 0 aromatic carbocycles. The van der Waals surface area contributed by atoms with Crippen molar-refractivity contribution >= 4 is 0 Å². The third-order valence-electron chi connectivity index (χ3n) is 2.58. The Morgan fingerprint density at radius 1 is 1.10 bits per heavy atom. The third kappa shape index (κ3) is 8.35. The first-order chi connectivity index (χ1) is 9.37. The van der Waals surface area contributed by atoms with E-state index in [0.717, 1.165) is 24.7 Å². The Morgan fingerprint density at radius 3 is 2.40 bits per heavy atom. The van der Waals surface area contributed by atoms with Crippen LogP contribution in [0.4, 0.5) is 0 Å². The molecule has 116 valence electrons. The van der Waals surface area contributed by atoms with Crippen molar-refractivity contribution in [2.24, 2.45) is 5.92 Å². The van der Waals surface area contributed by atoms with Crippen LogP contribution in [0.1, 0.15) is 46.1 Å². The molecule has 1 aromatic heterocycles. The van der Waals surface area contributed by atoms with E-state index in [0.29, 0.717) is 25.7 Å². The highest BCUT2D eigenvalue weighted by Crippen LogP contribution is 2.10. The topological polar surface area (TPSA) is 43.6 Å². The van der Waals surface area contributed by atoms with E-state index < -0.39 is 0 Å². The molecule has 1 heterocycles. The maximum atomic E-state index is 5.70. The van der Waals surface area contributed by atoms with Crippen molar-refractivity contribution < 1.29 is 13.9 Å². The highest BCUT2D eigenvalue weighted by atomic mass is 16.5. The van der Waals surface area contributed by atoms with Crippen molar-refractivity contribution in [3.05, 3.63) is 23.7 Å². The molecule has 0 bridgehead atoms. The van der Waals surface area contributed by atoms with Crippen LogP contribution in [0.15, 0.2) is 16.5 Å². The summed E-state index contributed by atoms with van der Waals surface area (Å²) in [5.74, 6) is 2.37. The summed E-state index contributed by atoms with van der Waals surface area (Å²) in [5.41, 5.74) is 0.0945. The maximum absolute atomic E-state index is 5.70. The molecule has 0 radical (unpaired) electrons. The van der Waals surface area contributed by atoms with Crippen LogP contribution in [-0.2, 0) is 22.6 Å². The Kier molecular flexibility index (Phi) is 7.27. The van der Waals surface area contributed by atoms with Gasteiger partial charge >= 0.3 is 0 Å². The Hall–Kier alpha value is -0.840. The molecule has 0 spiro atoms. The molecule has 0 saturated carbocycles. The van der Waals surface area contributed by atoms with Gasteiger partial charge in [0.25, 0.3) is 0 Å². The van der Waals surface area contributed by atoms with Crippen LogP contribution in [0.3, 0.4) is 0 Å². The summed E-state index contributed by atoms with van der Waals surface area (Å²) < 4.78 is 16.7. The van der Waals surface area contributed by atoms with E-state index in [1.165, 1.54) is 0 Å². The van der Waals surface area contributed by atoms with E-state index >= 15 is 0 Å². The normalized spacial score (nSPS) is 12.3. The summed E-state index contributed by atoms with van der Waals surface area (Å²) in [4.78, 5) is 0. The van der Waals surface area contributed by atoms with Gasteiger partial charge in [0.2, 0.25) is 0 Å². The van der Waals surface area contributed by atoms with Crippen LogP contribution in [0.5, 0.6) is 0 Å². The van der Waals surface area contributed by atoms with Gasteiger partial charge in [-0.2, -0.15) is 0 Å². The van der Waals surface area contributed by atoms with E-state index in [4.69, 9.17) is 13.9 Å². The fourth-order valence-corrected chi connectivity index (χ4v) is 1.56. The average Bonchev–Trinajstić information content (AvgIpc) is 2.78. The Labute approximate surface area is 122 Å². The monoisotopic (exact) mass is 283 g/mol. The number of hydrogen-bond donors (Lipinski definition) is 1. The minimum atomic E-state index is 0.0945. The largest absolute Gasteiger partial charge is 0.462 e. The van der Waals surface area contributed by atoms with Gasteiger partial charge in [0.05, 0.1) is 19.8 Å². The van der Waals surface area contributed by atoms with E-state index in [-0.39, 0.29) is 5.54 Å². The van der Waals surface area contributed by atoms with Crippen LogP contribution >= 0.6 is 0 Å². The Bertz CT molecular complexity index is 366. The lowest BCUT2D eigenvalue weighted by Crippen LogP contribution is -2.34. The molecular formula is C16H29NO3. The van der Waals surface area contributed by atoms with Gasteiger partial charge in [0.15, 0.2) is 0 Å². The van der Waals surface area contributed by atoms with Crippen molar-refractivity contribution in [2.45, 2.75) is 53.3 Å². The van der Waals surface area contributed by atoms with E-state index in [9.17, 15) is 0 Å². The van der Waals surface area contributed by atoms with E-state index in [2.05, 4.69) is 39.9 Å². The van der Waals surface area contributed by atoms with Crippen molar-refractivity contribution in [1.29, 1.82) is 0 Å². The zero-order chi connectivity index (χ0) is 15.0. The second kappa shape index (κ2) is 8.45. The van der Waals surface area contributed by atoms with Gasteiger partial charge in [-0.05, 0) is 38.8 Å². The molecule has 0 unspecified atom stereocenters. The molecule has 1 rings (SSSR count). The fraction of sp³-hybridized carbons (Fsp3) is 0.750. The number of rotatable bonds is 9. The molecule has 20 heavy (non-hydrogen) atoms. The van der Waals surface area contributed by atoms with Crippen LogP contribution in [0.25, 0.3) is 0 Å². The standard InChI is InChI=1S/C16H29NO3/c1-13(2)11-18-8-9-19-12-15-7-6-14(20-15)10-17-16(3,4)5/h6-7,13,17H,8-12H2,1-5H3. The Balaban J connectivity index is 2.14. The van der Waals surface area contributed by atoms with Gasteiger partial charge in [-0.3, -0.25) is 0 Å². The SMILES string of the molecule is CC(C)COCCOCc1ccc(CNC(C)(C)C)o1. The molecule has 0 amide bonds. The summed E-state index contributed by atoms with van der Waals surface area (Å²) in [7, 11) is 0. The van der Waals surface area contributed by atoms with Crippen LogP contribution in [-0.4, -0.2) is 25.4 Å². The summed E-state index contributed by atoms with van der Waals surface area (Å²) >= 11 is 0. The maximum Gasteiger partial charge on any atom is 0.129 e. The zero-order valence-corrected chi connectivity index (χ0v) is 13.5. The van der Waals surface area contributed by atoms with Gasteiger partial charge in [0, 0.05) is 12.1 Å². The predicted octanol–water partition coefficient (Wildman–Crippen LogP) is 3.36.